The smallest absolute Gasteiger partial charge is 0.161 e. The van der Waals surface area contributed by atoms with Gasteiger partial charge in [0.15, 0.2) is 11.5 Å². The van der Waals surface area contributed by atoms with E-state index in [-0.39, 0.29) is 0 Å². The minimum atomic E-state index is -1.39. The van der Waals surface area contributed by atoms with E-state index < -0.39 is 5.67 Å². The van der Waals surface area contributed by atoms with E-state index in [0.29, 0.717) is 24.5 Å². The van der Waals surface area contributed by atoms with Gasteiger partial charge in [-0.15, -0.1) is 0 Å². The maximum absolute atomic E-state index is 14.7. The Morgan fingerprint density at radius 1 is 1.14 bits per heavy atom. The van der Waals surface area contributed by atoms with Crippen LogP contribution in [0.3, 0.4) is 0 Å². The first-order valence-corrected chi connectivity index (χ1v) is 8.09. The topological polar surface area (TPSA) is 33.7 Å². The number of halogens is 1. The molecule has 2 heterocycles. The number of nitrogens with zero attached hydrogens (tertiary/aromatic N) is 1. The summed E-state index contributed by atoms with van der Waals surface area (Å²) in [6, 6.07) is 3.80. The lowest BCUT2D eigenvalue weighted by atomic mass is 9.93. The summed E-state index contributed by atoms with van der Waals surface area (Å²) < 4.78 is 26.2. The van der Waals surface area contributed by atoms with Crippen molar-refractivity contribution in [2.45, 2.75) is 32.5 Å². The standard InChI is InChI=1S/C17H25FN2O2/c1-17(2,18)14-11-16-15(21-8-3-9-22-16)10-13(14)12-20-6-4-19-5-7-20/h10-11,19H,3-9,12H2,1-2H3. The van der Waals surface area contributed by atoms with Crippen molar-refractivity contribution in [1.82, 2.24) is 10.2 Å². The molecule has 5 heteroatoms. The van der Waals surface area contributed by atoms with Crippen molar-refractivity contribution in [3.63, 3.8) is 0 Å². The van der Waals surface area contributed by atoms with Gasteiger partial charge in [-0.2, -0.15) is 0 Å². The normalized spacial score (nSPS) is 19.8. The number of fused-ring (bicyclic) bond motifs is 1. The van der Waals surface area contributed by atoms with E-state index in [1.165, 1.54) is 0 Å². The maximum atomic E-state index is 14.7. The molecule has 0 bridgehead atoms. The molecule has 122 valence electrons. The molecule has 0 radical (unpaired) electrons. The third-order valence-corrected chi connectivity index (χ3v) is 4.22. The molecule has 1 saturated heterocycles. The monoisotopic (exact) mass is 308 g/mol. The van der Waals surface area contributed by atoms with Crippen LogP contribution in [0, 0.1) is 0 Å². The number of nitrogens with one attached hydrogen (secondary N) is 1. The van der Waals surface area contributed by atoms with E-state index in [1.807, 2.05) is 12.1 Å². The summed E-state index contributed by atoms with van der Waals surface area (Å²) in [5.41, 5.74) is 0.308. The zero-order valence-electron chi connectivity index (χ0n) is 13.5. The van der Waals surface area contributed by atoms with E-state index in [9.17, 15) is 4.39 Å². The highest BCUT2D eigenvalue weighted by atomic mass is 19.1. The molecular formula is C17H25FN2O2. The molecule has 0 amide bonds. The van der Waals surface area contributed by atoms with Gasteiger partial charge in [0.05, 0.1) is 13.2 Å². The first-order valence-electron chi connectivity index (χ1n) is 8.09. The fourth-order valence-corrected chi connectivity index (χ4v) is 3.05. The van der Waals surface area contributed by atoms with Gasteiger partial charge < -0.3 is 14.8 Å². The van der Waals surface area contributed by atoms with Crippen molar-refractivity contribution < 1.29 is 13.9 Å². The SMILES string of the molecule is CC(C)(F)c1cc2c(cc1CN1CCNCC1)OCCCO2. The second-order valence-corrected chi connectivity index (χ2v) is 6.51. The molecular weight excluding hydrogens is 283 g/mol. The Kier molecular flexibility index (Phi) is 4.54. The van der Waals surface area contributed by atoms with Crippen molar-refractivity contribution in [1.29, 1.82) is 0 Å². The van der Waals surface area contributed by atoms with Crippen LogP contribution in [0.1, 0.15) is 31.4 Å². The van der Waals surface area contributed by atoms with Crippen LogP contribution in [0.5, 0.6) is 11.5 Å². The number of ether oxygens (including phenoxy) is 2. The molecule has 22 heavy (non-hydrogen) atoms. The lowest BCUT2D eigenvalue weighted by molar-refractivity contribution is 0.205. The highest BCUT2D eigenvalue weighted by Crippen LogP contribution is 2.38. The average molecular weight is 308 g/mol. The predicted octanol–water partition coefficient (Wildman–Crippen LogP) is 2.46. The fraction of sp³-hybridized carbons (Fsp3) is 0.647. The molecule has 1 fully saturated rings. The molecule has 2 aliphatic heterocycles. The third kappa shape index (κ3) is 3.52. The van der Waals surface area contributed by atoms with Gasteiger partial charge in [-0.05, 0) is 37.1 Å². The Labute approximate surface area is 131 Å². The molecule has 1 N–H and O–H groups in total. The number of hydrogen-bond acceptors (Lipinski definition) is 4. The Hall–Kier alpha value is -1.33. The van der Waals surface area contributed by atoms with Crippen molar-refractivity contribution in [3.8, 4) is 11.5 Å². The predicted molar refractivity (Wildman–Crippen MR) is 84.3 cm³/mol. The van der Waals surface area contributed by atoms with Crippen LogP contribution in [0.25, 0.3) is 0 Å². The molecule has 0 aromatic heterocycles. The van der Waals surface area contributed by atoms with Crippen LogP contribution >= 0.6 is 0 Å². The minimum Gasteiger partial charge on any atom is -0.490 e. The van der Waals surface area contributed by atoms with Crippen LogP contribution in [0.4, 0.5) is 4.39 Å². The summed E-state index contributed by atoms with van der Waals surface area (Å²) in [5, 5.41) is 3.34. The van der Waals surface area contributed by atoms with Crippen LogP contribution in [0.15, 0.2) is 12.1 Å². The zero-order chi connectivity index (χ0) is 15.6. The van der Waals surface area contributed by atoms with E-state index in [4.69, 9.17) is 9.47 Å². The van der Waals surface area contributed by atoms with Gasteiger partial charge in [-0.25, -0.2) is 4.39 Å². The quantitative estimate of drug-likeness (QED) is 0.930. The molecule has 0 aliphatic carbocycles. The molecule has 2 aliphatic rings. The fourth-order valence-electron chi connectivity index (χ4n) is 3.05. The Morgan fingerprint density at radius 3 is 2.41 bits per heavy atom. The Balaban J connectivity index is 1.93. The Bertz CT molecular complexity index is 522. The summed E-state index contributed by atoms with van der Waals surface area (Å²) in [6.07, 6.45) is 0.857. The number of piperazine rings is 1. The molecule has 0 unspecified atom stereocenters. The second kappa shape index (κ2) is 6.42. The number of benzene rings is 1. The summed E-state index contributed by atoms with van der Waals surface area (Å²) in [6.45, 7) is 9.18. The van der Waals surface area contributed by atoms with Crippen LogP contribution < -0.4 is 14.8 Å². The summed E-state index contributed by atoms with van der Waals surface area (Å²) in [4.78, 5) is 2.35. The van der Waals surface area contributed by atoms with E-state index in [2.05, 4.69) is 10.2 Å². The van der Waals surface area contributed by atoms with Gasteiger partial charge in [0, 0.05) is 39.1 Å². The van der Waals surface area contributed by atoms with Gasteiger partial charge in [0.1, 0.15) is 5.67 Å². The molecule has 3 rings (SSSR count). The molecule has 0 atom stereocenters. The van der Waals surface area contributed by atoms with Gasteiger partial charge in [-0.3, -0.25) is 4.90 Å². The lowest BCUT2D eigenvalue weighted by Gasteiger charge is -2.30. The van der Waals surface area contributed by atoms with E-state index in [0.717, 1.165) is 50.5 Å². The molecule has 0 saturated carbocycles. The number of rotatable bonds is 3. The van der Waals surface area contributed by atoms with Crippen LogP contribution in [0.2, 0.25) is 0 Å². The van der Waals surface area contributed by atoms with Gasteiger partial charge >= 0.3 is 0 Å². The highest BCUT2D eigenvalue weighted by Gasteiger charge is 2.27. The maximum Gasteiger partial charge on any atom is 0.161 e. The van der Waals surface area contributed by atoms with Crippen molar-refractivity contribution >= 4 is 0 Å². The third-order valence-electron chi connectivity index (χ3n) is 4.22. The van der Waals surface area contributed by atoms with Crippen molar-refractivity contribution in [2.24, 2.45) is 0 Å². The summed E-state index contributed by atoms with van der Waals surface area (Å²) in [5.74, 6) is 1.41. The van der Waals surface area contributed by atoms with E-state index >= 15 is 0 Å². The first-order chi connectivity index (χ1) is 10.5. The minimum absolute atomic E-state index is 0.621. The van der Waals surface area contributed by atoms with Gasteiger partial charge in [0.2, 0.25) is 0 Å². The second-order valence-electron chi connectivity index (χ2n) is 6.51. The molecule has 4 nitrogen and oxygen atoms in total. The molecule has 0 spiro atoms. The summed E-state index contributed by atoms with van der Waals surface area (Å²) >= 11 is 0. The zero-order valence-corrected chi connectivity index (χ0v) is 13.5. The first kappa shape index (κ1) is 15.6. The van der Waals surface area contributed by atoms with Crippen molar-refractivity contribution in [2.75, 3.05) is 39.4 Å². The lowest BCUT2D eigenvalue weighted by Crippen LogP contribution is -2.43. The Morgan fingerprint density at radius 2 is 1.77 bits per heavy atom. The van der Waals surface area contributed by atoms with Crippen LogP contribution in [-0.4, -0.2) is 44.3 Å². The van der Waals surface area contributed by atoms with Crippen LogP contribution in [-0.2, 0) is 12.2 Å². The van der Waals surface area contributed by atoms with Gasteiger partial charge in [-0.1, -0.05) is 0 Å². The number of alkyl halides is 1. The highest BCUT2D eigenvalue weighted by molar-refractivity contribution is 5.49. The van der Waals surface area contributed by atoms with E-state index in [1.54, 1.807) is 13.8 Å². The summed E-state index contributed by atoms with van der Waals surface area (Å²) in [7, 11) is 0. The van der Waals surface area contributed by atoms with Crippen molar-refractivity contribution in [3.05, 3.63) is 23.3 Å². The molecule has 1 aromatic rings. The number of hydrogen-bond donors (Lipinski definition) is 1. The van der Waals surface area contributed by atoms with Gasteiger partial charge in [0.25, 0.3) is 0 Å². The largest absolute Gasteiger partial charge is 0.490 e. The average Bonchev–Trinajstić information content (AvgIpc) is 2.71. The molecule has 1 aromatic carbocycles.